The molecule has 0 spiro atoms. The van der Waals surface area contributed by atoms with E-state index >= 15 is 0 Å². The molecule has 2 aromatic rings. The Morgan fingerprint density at radius 1 is 1.36 bits per heavy atom. The minimum atomic E-state index is -0.308. The number of carbonyl (C=O) groups excluding carboxylic acids is 1. The van der Waals surface area contributed by atoms with Crippen LogP contribution in [0.3, 0.4) is 0 Å². The van der Waals surface area contributed by atoms with Crippen LogP contribution in [0.25, 0.3) is 0 Å². The predicted octanol–water partition coefficient (Wildman–Crippen LogP) is 0.739. The van der Waals surface area contributed by atoms with Crippen molar-refractivity contribution in [3.05, 3.63) is 59.9 Å². The molecule has 0 aliphatic carbocycles. The molecule has 6 heteroatoms. The van der Waals surface area contributed by atoms with Crippen molar-refractivity contribution in [1.29, 1.82) is 0 Å². The third kappa shape index (κ3) is 4.39. The van der Waals surface area contributed by atoms with Gasteiger partial charge in [0, 0.05) is 6.07 Å². The maximum Gasteiger partial charge on any atom is 0.277 e. The number of methoxy groups -OCH3 is 1. The van der Waals surface area contributed by atoms with Crippen LogP contribution in [-0.4, -0.2) is 30.9 Å². The number of aliphatic hydroxyl groups excluding tert-OH is 1. The molecule has 0 aliphatic rings. The Balaban J connectivity index is 1.96. The number of benzene rings is 1. The predicted molar refractivity (Wildman–Crippen MR) is 81.8 cm³/mol. The quantitative estimate of drug-likeness (QED) is 0.469. The van der Waals surface area contributed by atoms with Gasteiger partial charge in [0.1, 0.15) is 17.9 Å². The van der Waals surface area contributed by atoms with Gasteiger partial charge in [-0.2, -0.15) is 5.10 Å². The second kappa shape index (κ2) is 7.90. The molecule has 1 aromatic carbocycles. The van der Waals surface area contributed by atoms with Gasteiger partial charge < -0.3 is 9.84 Å². The Labute approximate surface area is 128 Å². The van der Waals surface area contributed by atoms with Gasteiger partial charge >= 0.3 is 0 Å². The molecule has 0 bridgehead atoms. The molecule has 0 unspecified atom stereocenters. The largest absolute Gasteiger partial charge is 0.497 e. The fourth-order valence-corrected chi connectivity index (χ4v) is 1.83. The number of carbonyl (C=O) groups is 1. The van der Waals surface area contributed by atoms with E-state index in [2.05, 4.69) is 10.5 Å². The minimum absolute atomic E-state index is 0.0192. The molecule has 1 heterocycles. The van der Waals surface area contributed by atoms with E-state index in [1.807, 2.05) is 24.3 Å². The Hall–Kier alpha value is -2.73. The van der Waals surface area contributed by atoms with Crippen LogP contribution in [0.2, 0.25) is 0 Å². The van der Waals surface area contributed by atoms with Crippen molar-refractivity contribution in [2.45, 2.75) is 6.54 Å². The Morgan fingerprint density at radius 3 is 2.82 bits per heavy atom. The maximum atomic E-state index is 12.0. The summed E-state index contributed by atoms with van der Waals surface area (Å²) in [6, 6.07) is 10.7. The van der Waals surface area contributed by atoms with E-state index in [4.69, 9.17) is 9.84 Å². The van der Waals surface area contributed by atoms with Gasteiger partial charge in [0.25, 0.3) is 5.91 Å². The highest BCUT2D eigenvalue weighted by atomic mass is 16.5. The summed E-state index contributed by atoms with van der Waals surface area (Å²) in [7, 11) is 1.60. The molecule has 2 N–H and O–H groups in total. The van der Waals surface area contributed by atoms with Crippen LogP contribution in [0.5, 0.6) is 5.75 Å². The van der Waals surface area contributed by atoms with Gasteiger partial charge in [0.05, 0.1) is 13.3 Å². The molecule has 6 nitrogen and oxygen atoms in total. The third-order valence-electron chi connectivity index (χ3n) is 2.97. The van der Waals surface area contributed by atoms with E-state index < -0.39 is 0 Å². The molecule has 0 saturated carbocycles. The number of rotatable bonds is 6. The number of aromatic nitrogens is 1. The standard InChI is InChI=1S/C16H17N3O3/c1-22-15-6-4-13(5-7-15)11-17-18-16(21)14-3-2-8-19(12-14)9-10-20/h2-8,11-12,20H,9-10H2,1H3/p+1. The van der Waals surface area contributed by atoms with Crippen molar-refractivity contribution >= 4 is 12.1 Å². The first-order chi connectivity index (χ1) is 10.7. The van der Waals surface area contributed by atoms with Gasteiger partial charge in [-0.3, -0.25) is 4.79 Å². The highest BCUT2D eigenvalue weighted by molar-refractivity contribution is 5.94. The SMILES string of the molecule is COc1ccc(C=NNC(=O)c2ccc[n+](CCO)c2)cc1. The summed E-state index contributed by atoms with van der Waals surface area (Å²) in [6.07, 6.45) is 5.00. The van der Waals surface area contributed by atoms with Crippen LogP contribution in [0.4, 0.5) is 0 Å². The van der Waals surface area contributed by atoms with Gasteiger partial charge in [0.2, 0.25) is 0 Å². The lowest BCUT2D eigenvalue weighted by molar-refractivity contribution is -0.698. The van der Waals surface area contributed by atoms with Crippen molar-refractivity contribution in [3.63, 3.8) is 0 Å². The van der Waals surface area contributed by atoms with E-state index in [0.29, 0.717) is 12.1 Å². The van der Waals surface area contributed by atoms with Crippen LogP contribution in [-0.2, 0) is 6.54 Å². The smallest absolute Gasteiger partial charge is 0.277 e. The van der Waals surface area contributed by atoms with Gasteiger partial charge in [-0.05, 0) is 35.9 Å². The summed E-state index contributed by atoms with van der Waals surface area (Å²) in [5.41, 5.74) is 3.80. The van der Waals surface area contributed by atoms with E-state index in [1.165, 1.54) is 0 Å². The number of hydrogen-bond acceptors (Lipinski definition) is 4. The first-order valence-corrected chi connectivity index (χ1v) is 6.80. The molecule has 0 radical (unpaired) electrons. The molecule has 114 valence electrons. The third-order valence-corrected chi connectivity index (χ3v) is 2.97. The number of nitrogens with one attached hydrogen (secondary N) is 1. The summed E-state index contributed by atoms with van der Waals surface area (Å²) in [4.78, 5) is 12.0. The Kier molecular flexibility index (Phi) is 5.62. The molecule has 22 heavy (non-hydrogen) atoms. The number of nitrogens with zero attached hydrogens (tertiary/aromatic N) is 2. The Morgan fingerprint density at radius 2 is 2.14 bits per heavy atom. The Bertz CT molecular complexity index is 654. The fraction of sp³-hybridized carbons (Fsp3) is 0.188. The molecule has 2 rings (SSSR count). The van der Waals surface area contributed by atoms with Crippen molar-refractivity contribution < 1.29 is 19.2 Å². The van der Waals surface area contributed by atoms with Gasteiger partial charge in [-0.15, -0.1) is 0 Å². The maximum absolute atomic E-state index is 12.0. The highest BCUT2D eigenvalue weighted by Gasteiger charge is 2.09. The molecule has 0 fully saturated rings. The number of aliphatic hydroxyl groups is 1. The van der Waals surface area contributed by atoms with Crippen molar-refractivity contribution in [2.75, 3.05) is 13.7 Å². The molecule has 1 amide bonds. The monoisotopic (exact) mass is 300 g/mol. The zero-order valence-corrected chi connectivity index (χ0v) is 12.3. The lowest BCUT2D eigenvalue weighted by Crippen LogP contribution is -2.36. The zero-order chi connectivity index (χ0) is 15.8. The van der Waals surface area contributed by atoms with Crippen molar-refractivity contribution in [3.8, 4) is 5.75 Å². The second-order valence-electron chi connectivity index (χ2n) is 4.53. The zero-order valence-electron chi connectivity index (χ0n) is 12.3. The molecule has 0 saturated heterocycles. The van der Waals surface area contributed by atoms with Gasteiger partial charge in [-0.25, -0.2) is 9.99 Å². The van der Waals surface area contributed by atoms with Gasteiger partial charge in [0.15, 0.2) is 18.9 Å². The molecule has 0 aliphatic heterocycles. The van der Waals surface area contributed by atoms with E-state index in [-0.39, 0.29) is 12.5 Å². The van der Waals surface area contributed by atoms with Crippen molar-refractivity contribution in [2.24, 2.45) is 5.10 Å². The minimum Gasteiger partial charge on any atom is -0.497 e. The van der Waals surface area contributed by atoms with Crippen molar-refractivity contribution in [1.82, 2.24) is 5.43 Å². The number of ether oxygens (including phenoxy) is 1. The average molecular weight is 300 g/mol. The van der Waals surface area contributed by atoms with E-state index in [9.17, 15) is 4.79 Å². The summed E-state index contributed by atoms with van der Waals surface area (Å²) in [5.74, 6) is 0.455. The highest BCUT2D eigenvalue weighted by Crippen LogP contribution is 2.09. The number of amides is 1. The second-order valence-corrected chi connectivity index (χ2v) is 4.53. The summed E-state index contributed by atoms with van der Waals surface area (Å²) < 4.78 is 6.80. The average Bonchev–Trinajstić information content (AvgIpc) is 2.56. The lowest BCUT2D eigenvalue weighted by atomic mass is 10.2. The number of hydrazone groups is 1. The van der Waals surface area contributed by atoms with Gasteiger partial charge in [-0.1, -0.05) is 0 Å². The molecule has 1 aromatic heterocycles. The van der Waals surface area contributed by atoms with E-state index in [0.717, 1.165) is 11.3 Å². The van der Waals surface area contributed by atoms with E-state index in [1.54, 1.807) is 42.4 Å². The lowest BCUT2D eigenvalue weighted by Gasteiger charge is -2.00. The topological polar surface area (TPSA) is 74.8 Å². The first kappa shape index (κ1) is 15.7. The molecular weight excluding hydrogens is 282 g/mol. The van der Waals surface area contributed by atoms with Crippen LogP contribution >= 0.6 is 0 Å². The summed E-state index contributed by atoms with van der Waals surface area (Å²) >= 11 is 0. The molecular formula is C16H18N3O3+. The first-order valence-electron chi connectivity index (χ1n) is 6.80. The molecule has 0 atom stereocenters. The summed E-state index contributed by atoms with van der Waals surface area (Å²) in [6.45, 7) is 0.460. The van der Waals surface area contributed by atoms with Crippen LogP contribution < -0.4 is 14.7 Å². The van der Waals surface area contributed by atoms with Crippen LogP contribution in [0.1, 0.15) is 15.9 Å². The number of pyridine rings is 1. The summed E-state index contributed by atoms with van der Waals surface area (Å²) in [5, 5.41) is 12.8. The fourth-order valence-electron chi connectivity index (χ4n) is 1.83. The number of hydrogen-bond donors (Lipinski definition) is 2. The van der Waals surface area contributed by atoms with Crippen LogP contribution in [0.15, 0.2) is 53.9 Å². The van der Waals surface area contributed by atoms with Crippen LogP contribution in [0, 0.1) is 0 Å². The normalized spacial score (nSPS) is 10.6.